The van der Waals surface area contributed by atoms with E-state index in [1.54, 1.807) is 24.4 Å². The number of urea groups is 1. The number of nitrogens with zero attached hydrogens (tertiary/aromatic N) is 5. The van der Waals surface area contributed by atoms with Gasteiger partial charge in [0.1, 0.15) is 11.6 Å². The number of hydrogen-bond acceptors (Lipinski definition) is 5. The highest BCUT2D eigenvalue weighted by Crippen LogP contribution is 2.30. The molecule has 1 unspecified atom stereocenters. The maximum Gasteiger partial charge on any atom is 0.322 e. The van der Waals surface area contributed by atoms with Crippen molar-refractivity contribution < 1.29 is 4.79 Å². The van der Waals surface area contributed by atoms with E-state index < -0.39 is 12.2 Å². The molecule has 1 atom stereocenters. The number of anilines is 1. The summed E-state index contributed by atoms with van der Waals surface area (Å²) in [6.07, 6.45) is 0.826. The topological polar surface area (TPSA) is 97.1 Å². The van der Waals surface area contributed by atoms with E-state index in [0.29, 0.717) is 28.2 Å². The molecule has 2 N–H and O–H groups in total. The molecule has 0 bridgehead atoms. The Bertz CT molecular complexity index is 1320. The smallest absolute Gasteiger partial charge is 0.309 e. The van der Waals surface area contributed by atoms with Crippen LogP contribution in [0.4, 0.5) is 10.6 Å². The van der Waals surface area contributed by atoms with E-state index in [1.807, 2.05) is 60.0 Å². The van der Waals surface area contributed by atoms with Crippen molar-refractivity contribution in [2.75, 3.05) is 5.32 Å². The summed E-state index contributed by atoms with van der Waals surface area (Å²) in [5.41, 5.74) is 3.36. The molecule has 3 heterocycles. The monoisotopic (exact) mass is 443 g/mol. The first-order valence-corrected chi connectivity index (χ1v) is 10.3. The van der Waals surface area contributed by atoms with E-state index in [1.165, 1.54) is 0 Å². The standard InChI is InChI=1S/C23H18ClN7O/c1-14-29-30-22-21(28-23(32)26-19-8-4-5-13-25-19)27-20(15-9-11-16(24)12-10-15)17-6-2-3-7-18(17)31(14)22/h2-13,21H,1H3,(H2,25,26,28,32). The van der Waals surface area contributed by atoms with Gasteiger partial charge in [0.2, 0.25) is 0 Å². The van der Waals surface area contributed by atoms with Crippen LogP contribution in [0.15, 0.2) is 77.9 Å². The minimum absolute atomic E-state index is 0.432. The van der Waals surface area contributed by atoms with Crippen molar-refractivity contribution in [2.24, 2.45) is 4.99 Å². The van der Waals surface area contributed by atoms with Gasteiger partial charge >= 0.3 is 6.03 Å². The molecule has 0 spiro atoms. The van der Waals surface area contributed by atoms with Crippen molar-refractivity contribution in [1.29, 1.82) is 0 Å². The highest BCUT2D eigenvalue weighted by atomic mass is 35.5. The lowest BCUT2D eigenvalue weighted by molar-refractivity contribution is 0.248. The molecule has 2 aromatic heterocycles. The van der Waals surface area contributed by atoms with Gasteiger partial charge in [-0.1, -0.05) is 48.0 Å². The van der Waals surface area contributed by atoms with Crippen LogP contribution in [-0.2, 0) is 0 Å². The zero-order valence-corrected chi connectivity index (χ0v) is 17.8. The third-order valence-electron chi connectivity index (χ3n) is 5.04. The summed E-state index contributed by atoms with van der Waals surface area (Å²) in [6, 6.07) is 20.1. The first-order chi connectivity index (χ1) is 15.6. The summed E-state index contributed by atoms with van der Waals surface area (Å²) in [7, 11) is 0. The van der Waals surface area contributed by atoms with Gasteiger partial charge in [0.15, 0.2) is 12.0 Å². The summed E-state index contributed by atoms with van der Waals surface area (Å²) >= 11 is 6.10. The number of halogens is 1. The maximum absolute atomic E-state index is 12.8. The first kappa shape index (κ1) is 19.9. The van der Waals surface area contributed by atoms with Gasteiger partial charge in [-0.2, -0.15) is 0 Å². The number of rotatable bonds is 3. The Morgan fingerprint density at radius 1 is 1.00 bits per heavy atom. The molecule has 158 valence electrons. The minimum atomic E-state index is -0.780. The number of nitrogens with one attached hydrogen (secondary N) is 2. The number of para-hydroxylation sites is 1. The number of aromatic nitrogens is 4. The van der Waals surface area contributed by atoms with Gasteiger partial charge in [-0.25, -0.2) is 9.78 Å². The molecular formula is C23H18ClN7O. The Kier molecular flexibility index (Phi) is 5.12. The average Bonchev–Trinajstić information content (AvgIpc) is 3.13. The van der Waals surface area contributed by atoms with Gasteiger partial charge < -0.3 is 5.32 Å². The lowest BCUT2D eigenvalue weighted by Crippen LogP contribution is -2.33. The summed E-state index contributed by atoms with van der Waals surface area (Å²) in [5.74, 6) is 1.63. The van der Waals surface area contributed by atoms with Crippen LogP contribution < -0.4 is 10.6 Å². The normalized spacial score (nSPS) is 14.6. The number of carbonyl (C=O) groups excluding carboxylic acids is 1. The van der Waals surface area contributed by atoms with Crippen molar-refractivity contribution in [3.05, 3.63) is 101 Å². The number of aryl methyl sites for hydroxylation is 1. The molecule has 0 aliphatic carbocycles. The van der Waals surface area contributed by atoms with Crippen LogP contribution in [-0.4, -0.2) is 31.5 Å². The highest BCUT2D eigenvalue weighted by molar-refractivity contribution is 6.30. The van der Waals surface area contributed by atoms with Crippen LogP contribution in [0, 0.1) is 6.92 Å². The van der Waals surface area contributed by atoms with Crippen LogP contribution in [0.2, 0.25) is 5.02 Å². The molecule has 1 aliphatic heterocycles. The molecule has 5 rings (SSSR count). The van der Waals surface area contributed by atoms with Crippen LogP contribution >= 0.6 is 11.6 Å². The van der Waals surface area contributed by atoms with Crippen molar-refractivity contribution in [2.45, 2.75) is 13.1 Å². The number of carbonyl (C=O) groups is 1. The summed E-state index contributed by atoms with van der Waals surface area (Å²) in [5, 5.41) is 14.8. The molecule has 0 saturated carbocycles. The average molecular weight is 444 g/mol. The van der Waals surface area contributed by atoms with Gasteiger partial charge in [0.05, 0.1) is 11.4 Å². The molecule has 8 nitrogen and oxygen atoms in total. The number of aliphatic imine (C=N–C) groups is 1. The summed E-state index contributed by atoms with van der Waals surface area (Å²) in [4.78, 5) is 21.8. The first-order valence-electron chi connectivity index (χ1n) is 9.94. The zero-order chi connectivity index (χ0) is 22.1. The fourth-order valence-corrected chi connectivity index (χ4v) is 3.75. The SMILES string of the molecule is Cc1nnc2n1-c1ccccc1C(c1ccc(Cl)cc1)=NC2NC(=O)Nc1ccccn1. The Morgan fingerprint density at radius 3 is 2.56 bits per heavy atom. The van der Waals surface area contributed by atoms with E-state index in [4.69, 9.17) is 16.6 Å². The van der Waals surface area contributed by atoms with Gasteiger partial charge in [-0.3, -0.25) is 14.9 Å². The third-order valence-corrected chi connectivity index (χ3v) is 5.30. The minimum Gasteiger partial charge on any atom is -0.309 e. The largest absolute Gasteiger partial charge is 0.322 e. The van der Waals surface area contributed by atoms with E-state index in [9.17, 15) is 4.79 Å². The Morgan fingerprint density at radius 2 is 1.78 bits per heavy atom. The van der Waals surface area contributed by atoms with Crippen molar-refractivity contribution >= 4 is 29.2 Å². The van der Waals surface area contributed by atoms with Gasteiger partial charge in [0.25, 0.3) is 0 Å². The molecule has 4 aromatic rings. The van der Waals surface area contributed by atoms with E-state index in [0.717, 1.165) is 16.8 Å². The summed E-state index contributed by atoms with van der Waals surface area (Å²) in [6.45, 7) is 1.87. The molecule has 0 saturated heterocycles. The number of benzene rings is 2. The number of pyridine rings is 1. The maximum atomic E-state index is 12.8. The summed E-state index contributed by atoms with van der Waals surface area (Å²) < 4.78 is 1.91. The molecular weight excluding hydrogens is 426 g/mol. The number of hydrogen-bond donors (Lipinski definition) is 2. The molecule has 32 heavy (non-hydrogen) atoms. The molecule has 1 aliphatic rings. The quantitative estimate of drug-likeness (QED) is 0.493. The van der Waals surface area contributed by atoms with E-state index in [-0.39, 0.29) is 0 Å². The van der Waals surface area contributed by atoms with Crippen LogP contribution in [0.25, 0.3) is 5.69 Å². The van der Waals surface area contributed by atoms with Crippen molar-refractivity contribution in [1.82, 2.24) is 25.1 Å². The zero-order valence-electron chi connectivity index (χ0n) is 17.0. The molecule has 2 amide bonds. The highest BCUT2D eigenvalue weighted by Gasteiger charge is 2.29. The van der Waals surface area contributed by atoms with E-state index >= 15 is 0 Å². The second-order valence-electron chi connectivity index (χ2n) is 7.16. The van der Waals surface area contributed by atoms with Crippen molar-refractivity contribution in [3.8, 4) is 5.69 Å². The van der Waals surface area contributed by atoms with Gasteiger partial charge in [-0.15, -0.1) is 10.2 Å². The van der Waals surface area contributed by atoms with Crippen LogP contribution in [0.1, 0.15) is 28.9 Å². The van der Waals surface area contributed by atoms with Gasteiger partial charge in [-0.05, 0) is 37.3 Å². The Labute approximate surface area is 189 Å². The van der Waals surface area contributed by atoms with E-state index in [2.05, 4.69) is 25.8 Å². The molecule has 2 aromatic carbocycles. The Balaban J connectivity index is 1.61. The van der Waals surface area contributed by atoms with Gasteiger partial charge in [0, 0.05) is 22.3 Å². The predicted octanol–water partition coefficient (Wildman–Crippen LogP) is 4.30. The molecule has 0 radical (unpaired) electrons. The second kappa shape index (κ2) is 8.24. The predicted molar refractivity (Wildman–Crippen MR) is 122 cm³/mol. The van der Waals surface area contributed by atoms with Crippen LogP contribution in [0.5, 0.6) is 0 Å². The second-order valence-corrected chi connectivity index (χ2v) is 7.59. The molecule has 0 fully saturated rings. The fourth-order valence-electron chi connectivity index (χ4n) is 3.63. The molecule has 9 heteroatoms. The van der Waals surface area contributed by atoms with Crippen LogP contribution in [0.3, 0.4) is 0 Å². The Hall–Kier alpha value is -4.04. The third kappa shape index (κ3) is 3.72. The fraction of sp³-hybridized carbons (Fsp3) is 0.0870. The number of amides is 2. The van der Waals surface area contributed by atoms with Crippen molar-refractivity contribution in [3.63, 3.8) is 0 Å². The lowest BCUT2D eigenvalue weighted by Gasteiger charge is -2.15. The number of fused-ring (bicyclic) bond motifs is 3. The lowest BCUT2D eigenvalue weighted by atomic mass is 10.0.